The van der Waals surface area contributed by atoms with Gasteiger partial charge in [-0.15, -0.1) is 0 Å². The second-order valence-corrected chi connectivity index (χ2v) is 5.24. The van der Waals surface area contributed by atoms with Gasteiger partial charge in [-0.25, -0.2) is 0 Å². The first kappa shape index (κ1) is 14.5. The van der Waals surface area contributed by atoms with Gasteiger partial charge < -0.3 is 10.4 Å². The predicted octanol–water partition coefficient (Wildman–Crippen LogP) is 3.40. The number of nitrogens with one attached hydrogen (secondary N) is 1. The molecule has 96 valence electrons. The largest absolute Gasteiger partial charge is 0.396 e. The summed E-state index contributed by atoms with van der Waals surface area (Å²) in [4.78, 5) is 0. The molecule has 1 aromatic carbocycles. The molecule has 0 saturated carbocycles. The van der Waals surface area contributed by atoms with Gasteiger partial charge in [0.1, 0.15) is 0 Å². The smallest absolute Gasteiger partial charge is 0.0445 e. The molecule has 0 spiro atoms. The van der Waals surface area contributed by atoms with Gasteiger partial charge in [0.2, 0.25) is 0 Å². The Kier molecular flexibility index (Phi) is 5.96. The van der Waals surface area contributed by atoms with Gasteiger partial charge in [-0.05, 0) is 37.0 Å². The van der Waals surface area contributed by atoms with Crippen LogP contribution in [0.5, 0.6) is 0 Å². The molecule has 2 N–H and O–H groups in total. The molecule has 0 aliphatic heterocycles. The fourth-order valence-electron chi connectivity index (χ4n) is 1.94. The van der Waals surface area contributed by atoms with Crippen molar-refractivity contribution in [1.29, 1.82) is 0 Å². The van der Waals surface area contributed by atoms with Crippen molar-refractivity contribution in [3.8, 4) is 0 Å². The van der Waals surface area contributed by atoms with E-state index in [-0.39, 0.29) is 12.6 Å². The normalized spacial score (nSPS) is 14.9. The molecule has 1 rings (SSSR count). The lowest BCUT2D eigenvalue weighted by Crippen LogP contribution is -2.36. The van der Waals surface area contributed by atoms with Gasteiger partial charge >= 0.3 is 0 Å². The van der Waals surface area contributed by atoms with Crippen molar-refractivity contribution in [2.75, 3.05) is 6.61 Å². The minimum Gasteiger partial charge on any atom is -0.396 e. The van der Waals surface area contributed by atoms with Gasteiger partial charge in [0, 0.05) is 23.7 Å². The van der Waals surface area contributed by atoms with Crippen LogP contribution in [0, 0.1) is 5.92 Å². The molecule has 0 radical (unpaired) electrons. The molecule has 0 aliphatic carbocycles. The fraction of sp³-hybridized carbons (Fsp3) is 0.571. The third-order valence-corrected chi connectivity index (χ3v) is 3.29. The molecule has 0 aliphatic rings. The van der Waals surface area contributed by atoms with Gasteiger partial charge in [0.25, 0.3) is 0 Å². The summed E-state index contributed by atoms with van der Waals surface area (Å²) in [5.41, 5.74) is 1.18. The van der Waals surface area contributed by atoms with Crippen molar-refractivity contribution in [2.45, 2.75) is 39.3 Å². The van der Waals surface area contributed by atoms with E-state index >= 15 is 0 Å². The summed E-state index contributed by atoms with van der Waals surface area (Å²) < 4.78 is 0. The molecule has 1 aromatic rings. The predicted molar refractivity (Wildman–Crippen MR) is 73.3 cm³/mol. The standard InChI is InChI=1S/C14H22ClNO/c1-10(2)14(7-8-17)16-11(3)12-5-4-6-13(15)9-12/h4-6,9-11,14,16-17H,7-8H2,1-3H3. The van der Waals surface area contributed by atoms with Crippen LogP contribution in [0.15, 0.2) is 24.3 Å². The molecule has 0 bridgehead atoms. The average Bonchev–Trinajstić information content (AvgIpc) is 2.28. The molecular weight excluding hydrogens is 234 g/mol. The zero-order chi connectivity index (χ0) is 12.8. The van der Waals surface area contributed by atoms with Crippen LogP contribution in [0.4, 0.5) is 0 Å². The van der Waals surface area contributed by atoms with Crippen molar-refractivity contribution >= 4 is 11.6 Å². The molecule has 0 fully saturated rings. The van der Waals surface area contributed by atoms with Gasteiger partial charge in [0.05, 0.1) is 0 Å². The van der Waals surface area contributed by atoms with Crippen molar-refractivity contribution in [1.82, 2.24) is 5.32 Å². The summed E-state index contributed by atoms with van der Waals surface area (Å²) >= 11 is 5.98. The SMILES string of the molecule is CC(NC(CCO)C(C)C)c1cccc(Cl)c1. The summed E-state index contributed by atoms with van der Waals surface area (Å²) in [5, 5.41) is 13.4. The van der Waals surface area contributed by atoms with Gasteiger partial charge in [0.15, 0.2) is 0 Å². The second-order valence-electron chi connectivity index (χ2n) is 4.81. The minimum absolute atomic E-state index is 0.220. The number of benzene rings is 1. The summed E-state index contributed by atoms with van der Waals surface area (Å²) in [6, 6.07) is 8.47. The maximum absolute atomic E-state index is 9.05. The Hall–Kier alpha value is -0.570. The highest BCUT2D eigenvalue weighted by Crippen LogP contribution is 2.19. The summed E-state index contributed by atoms with van der Waals surface area (Å²) in [6.07, 6.45) is 0.780. The number of aliphatic hydroxyl groups excluding tert-OH is 1. The summed E-state index contributed by atoms with van der Waals surface area (Å²) in [7, 11) is 0. The zero-order valence-electron chi connectivity index (χ0n) is 10.8. The Morgan fingerprint density at radius 3 is 2.53 bits per heavy atom. The zero-order valence-corrected chi connectivity index (χ0v) is 11.5. The van der Waals surface area contributed by atoms with Crippen LogP contribution in [0.25, 0.3) is 0 Å². The van der Waals surface area contributed by atoms with E-state index in [9.17, 15) is 0 Å². The van der Waals surface area contributed by atoms with Crippen LogP contribution >= 0.6 is 11.6 Å². The van der Waals surface area contributed by atoms with Crippen LogP contribution in [0.1, 0.15) is 38.8 Å². The van der Waals surface area contributed by atoms with Crippen LogP contribution in [-0.4, -0.2) is 17.8 Å². The highest BCUT2D eigenvalue weighted by atomic mass is 35.5. The number of aliphatic hydroxyl groups is 1. The van der Waals surface area contributed by atoms with E-state index < -0.39 is 0 Å². The van der Waals surface area contributed by atoms with Crippen LogP contribution in [0.3, 0.4) is 0 Å². The third-order valence-electron chi connectivity index (χ3n) is 3.06. The van der Waals surface area contributed by atoms with Gasteiger partial charge in [-0.1, -0.05) is 37.6 Å². The maximum atomic E-state index is 9.05. The molecule has 17 heavy (non-hydrogen) atoms. The van der Waals surface area contributed by atoms with E-state index in [1.165, 1.54) is 5.56 Å². The molecule has 2 nitrogen and oxygen atoms in total. The van der Waals surface area contributed by atoms with E-state index in [2.05, 4.69) is 32.2 Å². The highest BCUT2D eigenvalue weighted by Gasteiger charge is 2.16. The van der Waals surface area contributed by atoms with E-state index in [1.807, 2.05) is 18.2 Å². The molecule has 0 amide bonds. The molecule has 2 unspecified atom stereocenters. The van der Waals surface area contributed by atoms with Crippen LogP contribution in [0.2, 0.25) is 5.02 Å². The van der Waals surface area contributed by atoms with Crippen LogP contribution in [-0.2, 0) is 0 Å². The average molecular weight is 256 g/mol. The molecule has 0 aromatic heterocycles. The van der Waals surface area contributed by atoms with Crippen molar-refractivity contribution in [2.24, 2.45) is 5.92 Å². The van der Waals surface area contributed by atoms with Crippen molar-refractivity contribution in [3.63, 3.8) is 0 Å². The number of hydrogen-bond acceptors (Lipinski definition) is 2. The molecule has 3 heteroatoms. The topological polar surface area (TPSA) is 32.3 Å². The van der Waals surface area contributed by atoms with E-state index in [1.54, 1.807) is 0 Å². The highest BCUT2D eigenvalue weighted by molar-refractivity contribution is 6.30. The van der Waals surface area contributed by atoms with E-state index in [0.717, 1.165) is 11.4 Å². The quantitative estimate of drug-likeness (QED) is 0.817. The molecule has 0 saturated heterocycles. The molecular formula is C14H22ClNO. The third kappa shape index (κ3) is 4.66. The Morgan fingerprint density at radius 1 is 1.29 bits per heavy atom. The first-order valence-electron chi connectivity index (χ1n) is 6.17. The van der Waals surface area contributed by atoms with E-state index in [4.69, 9.17) is 16.7 Å². The molecule has 2 atom stereocenters. The van der Waals surface area contributed by atoms with Crippen LogP contribution < -0.4 is 5.32 Å². The van der Waals surface area contributed by atoms with Gasteiger partial charge in [-0.2, -0.15) is 0 Å². The first-order valence-corrected chi connectivity index (χ1v) is 6.54. The van der Waals surface area contributed by atoms with Crippen molar-refractivity contribution < 1.29 is 5.11 Å². The summed E-state index contributed by atoms with van der Waals surface area (Å²) in [6.45, 7) is 6.67. The maximum Gasteiger partial charge on any atom is 0.0445 e. The lowest BCUT2D eigenvalue weighted by Gasteiger charge is -2.26. The Bertz CT molecular complexity index is 341. The Labute approximate surface area is 109 Å². The second kappa shape index (κ2) is 7.00. The Balaban J connectivity index is 2.66. The first-order chi connectivity index (χ1) is 8.04. The summed E-state index contributed by atoms with van der Waals surface area (Å²) in [5.74, 6) is 0.504. The number of hydrogen-bond donors (Lipinski definition) is 2. The number of halogens is 1. The number of rotatable bonds is 6. The van der Waals surface area contributed by atoms with Crippen molar-refractivity contribution in [3.05, 3.63) is 34.9 Å². The Morgan fingerprint density at radius 2 is 2.00 bits per heavy atom. The lowest BCUT2D eigenvalue weighted by molar-refractivity contribution is 0.237. The van der Waals surface area contributed by atoms with Gasteiger partial charge in [-0.3, -0.25) is 0 Å². The van der Waals surface area contributed by atoms with E-state index in [0.29, 0.717) is 12.0 Å². The fourth-order valence-corrected chi connectivity index (χ4v) is 2.14. The monoisotopic (exact) mass is 255 g/mol. The lowest BCUT2D eigenvalue weighted by atomic mass is 9.98. The molecule has 0 heterocycles. The minimum atomic E-state index is 0.220.